The van der Waals surface area contributed by atoms with Crippen LogP contribution in [0.5, 0.6) is 0 Å². The summed E-state index contributed by atoms with van der Waals surface area (Å²) in [5, 5.41) is 2.61. The molecule has 272 valence electrons. The Morgan fingerprint density at radius 3 is 1.30 bits per heavy atom. The molecule has 0 radical (unpaired) electrons. The van der Waals surface area contributed by atoms with Crippen molar-refractivity contribution < 1.29 is 0 Å². The summed E-state index contributed by atoms with van der Waals surface area (Å²) < 4.78 is 2.32. The maximum atomic E-state index is 4.77. The van der Waals surface area contributed by atoms with Gasteiger partial charge >= 0.3 is 0 Å². The minimum Gasteiger partial charge on any atom is -0.343 e. The van der Waals surface area contributed by atoms with Crippen LogP contribution in [0.1, 0.15) is 0 Å². The van der Waals surface area contributed by atoms with Crippen LogP contribution in [0.2, 0.25) is 0 Å². The molecule has 57 heavy (non-hydrogen) atoms. The zero-order chi connectivity index (χ0) is 38.4. The molecule has 0 unspecified atom stereocenters. The Bertz CT molecular complexity index is 2760. The largest absolute Gasteiger partial charge is 0.343 e. The van der Waals surface area contributed by atoms with Gasteiger partial charge in [-0.15, -0.1) is 0 Å². The molecule has 6 heteroatoms. The summed E-state index contributed by atoms with van der Waals surface area (Å²) in [6, 6.07) is 70.5. The second-order valence-corrected chi connectivity index (χ2v) is 13.6. The van der Waals surface area contributed by atoms with Gasteiger partial charge in [-0.1, -0.05) is 158 Å². The summed E-state index contributed by atoms with van der Waals surface area (Å²) >= 11 is 0. The van der Waals surface area contributed by atoms with Crippen LogP contribution in [0.4, 0.5) is 11.4 Å². The lowest BCUT2D eigenvalue weighted by Crippen LogP contribution is -2.09. The predicted molar refractivity (Wildman–Crippen MR) is 235 cm³/mol. The fourth-order valence-electron chi connectivity index (χ4n) is 7.07. The monoisotopic (exact) mass is 734 g/mol. The van der Waals surface area contributed by atoms with Crippen LogP contribution in [-0.2, 0) is 0 Å². The zero-order valence-corrected chi connectivity index (χ0v) is 31.4. The Morgan fingerprint density at radius 2 is 0.789 bits per heavy atom. The molecule has 0 aliphatic carbocycles. The van der Waals surface area contributed by atoms with Crippen molar-refractivity contribution in [3.8, 4) is 51.1 Å². The fourth-order valence-corrected chi connectivity index (χ4v) is 7.07. The lowest BCUT2D eigenvalue weighted by molar-refractivity contribution is 1.06. The third kappa shape index (κ3) is 7.40. The Kier molecular flexibility index (Phi) is 9.80. The predicted octanol–water partition coefficient (Wildman–Crippen LogP) is 12.5. The third-order valence-electron chi connectivity index (χ3n) is 10.0. The first kappa shape index (κ1) is 35.0. The molecule has 0 fully saturated rings. The van der Waals surface area contributed by atoms with Gasteiger partial charge in [0.2, 0.25) is 0 Å². The highest BCUT2D eigenvalue weighted by molar-refractivity contribution is 6.09. The summed E-state index contributed by atoms with van der Waals surface area (Å²) in [4.78, 5) is 21.2. The van der Waals surface area contributed by atoms with Crippen molar-refractivity contribution in [3.05, 3.63) is 212 Å². The van der Waals surface area contributed by atoms with E-state index in [0.29, 0.717) is 23.2 Å². The quantitative estimate of drug-likeness (QED) is 0.163. The second kappa shape index (κ2) is 16.0. The molecule has 6 nitrogen and oxygen atoms in total. The molecule has 10 aromatic rings. The molecule has 3 heterocycles. The molecular formula is C51H38N6. The number of anilines is 2. The molecule has 3 aromatic heterocycles. The summed E-state index contributed by atoms with van der Waals surface area (Å²) in [6.45, 7) is 0. The van der Waals surface area contributed by atoms with Gasteiger partial charge in [-0.3, -0.25) is 4.98 Å². The minimum atomic E-state index is 0.541. The molecule has 10 rings (SSSR count). The van der Waals surface area contributed by atoms with Gasteiger partial charge in [0.05, 0.1) is 22.9 Å². The molecule has 7 aromatic carbocycles. The highest BCUT2D eigenvalue weighted by atomic mass is 15.1. The standard InChI is InChI=1S/C33H25N5.C18H13N/c1-38(28-19-17-25(18-20-28)24-11-5-2-6-12-24)29-21-22-30(34-23-29)33-36-31(26-13-7-3-8-14-26)35-32(37-33)27-15-9-4-10-16-27;1-2-8-14(9-3-1)19-17-12-6-4-10-15(17)16-11-5-7-13-18(16)19/h2-23H,1H3;1-13H. The van der Waals surface area contributed by atoms with Crippen LogP contribution < -0.4 is 4.90 Å². The van der Waals surface area contributed by atoms with E-state index in [2.05, 4.69) is 137 Å². The maximum Gasteiger partial charge on any atom is 0.182 e. The van der Waals surface area contributed by atoms with E-state index in [1.807, 2.05) is 92.1 Å². The Labute approximate surface area is 332 Å². The van der Waals surface area contributed by atoms with Crippen LogP contribution in [0.15, 0.2) is 212 Å². The first-order valence-electron chi connectivity index (χ1n) is 19.0. The first-order chi connectivity index (χ1) is 28.2. The maximum absolute atomic E-state index is 4.77. The average Bonchev–Trinajstić information content (AvgIpc) is 3.64. The number of hydrogen-bond acceptors (Lipinski definition) is 5. The van der Waals surface area contributed by atoms with E-state index in [9.17, 15) is 0 Å². The Hall–Kier alpha value is -7.70. The molecule has 0 N–H and O–H groups in total. The van der Waals surface area contributed by atoms with Crippen molar-refractivity contribution in [3.63, 3.8) is 0 Å². The van der Waals surface area contributed by atoms with Crippen molar-refractivity contribution in [1.29, 1.82) is 0 Å². The van der Waals surface area contributed by atoms with Crippen LogP contribution in [0.25, 0.3) is 72.9 Å². The van der Waals surface area contributed by atoms with E-state index >= 15 is 0 Å². The molecule has 0 spiro atoms. The van der Waals surface area contributed by atoms with Crippen molar-refractivity contribution in [2.75, 3.05) is 11.9 Å². The summed E-state index contributed by atoms with van der Waals surface area (Å²) in [5.41, 5.74) is 10.7. The van der Waals surface area contributed by atoms with Gasteiger partial charge in [0, 0.05) is 40.3 Å². The number of rotatable bonds is 7. The van der Waals surface area contributed by atoms with Gasteiger partial charge in [0.1, 0.15) is 5.69 Å². The van der Waals surface area contributed by atoms with Gasteiger partial charge < -0.3 is 9.47 Å². The summed E-state index contributed by atoms with van der Waals surface area (Å²) in [7, 11) is 2.04. The van der Waals surface area contributed by atoms with Gasteiger partial charge in [0.25, 0.3) is 0 Å². The number of para-hydroxylation sites is 3. The SMILES string of the molecule is CN(c1ccc(-c2ccccc2)cc1)c1ccc(-c2nc(-c3ccccc3)nc(-c3ccccc3)n2)nc1.c1ccc(-n2c3ccccc3c3ccccc32)cc1. The highest BCUT2D eigenvalue weighted by Crippen LogP contribution is 2.32. The molecule has 0 aliphatic rings. The van der Waals surface area contributed by atoms with Gasteiger partial charge in [0.15, 0.2) is 17.5 Å². The topological polar surface area (TPSA) is 59.7 Å². The number of nitrogens with zero attached hydrogens (tertiary/aromatic N) is 6. The number of hydrogen-bond donors (Lipinski definition) is 0. The van der Waals surface area contributed by atoms with Gasteiger partial charge in [-0.05, 0) is 59.7 Å². The molecular weight excluding hydrogens is 697 g/mol. The van der Waals surface area contributed by atoms with E-state index in [4.69, 9.17) is 19.9 Å². The molecule has 0 saturated heterocycles. The molecule has 0 saturated carbocycles. The summed E-state index contributed by atoms with van der Waals surface area (Å²) in [5.74, 6) is 1.78. The third-order valence-corrected chi connectivity index (χ3v) is 10.0. The highest BCUT2D eigenvalue weighted by Gasteiger charge is 2.14. The van der Waals surface area contributed by atoms with E-state index in [1.54, 1.807) is 0 Å². The Morgan fingerprint density at radius 1 is 0.368 bits per heavy atom. The van der Waals surface area contributed by atoms with Crippen molar-refractivity contribution in [2.24, 2.45) is 0 Å². The van der Waals surface area contributed by atoms with E-state index < -0.39 is 0 Å². The number of benzene rings is 7. The normalized spacial score (nSPS) is 10.9. The minimum absolute atomic E-state index is 0.541. The van der Waals surface area contributed by atoms with E-state index in [1.165, 1.54) is 38.6 Å². The molecule has 0 aliphatic heterocycles. The van der Waals surface area contributed by atoms with Crippen molar-refractivity contribution in [1.82, 2.24) is 24.5 Å². The van der Waals surface area contributed by atoms with Crippen LogP contribution in [0, 0.1) is 0 Å². The van der Waals surface area contributed by atoms with Crippen molar-refractivity contribution >= 4 is 33.2 Å². The van der Waals surface area contributed by atoms with Crippen LogP contribution >= 0.6 is 0 Å². The van der Waals surface area contributed by atoms with Gasteiger partial charge in [-0.25, -0.2) is 15.0 Å². The zero-order valence-electron chi connectivity index (χ0n) is 31.4. The second-order valence-electron chi connectivity index (χ2n) is 13.6. The number of fused-ring (bicyclic) bond motifs is 3. The van der Waals surface area contributed by atoms with Crippen LogP contribution in [-0.4, -0.2) is 31.6 Å². The van der Waals surface area contributed by atoms with E-state index in [0.717, 1.165) is 22.5 Å². The van der Waals surface area contributed by atoms with Crippen molar-refractivity contribution in [2.45, 2.75) is 0 Å². The number of pyridine rings is 1. The lowest BCUT2D eigenvalue weighted by atomic mass is 10.1. The summed E-state index contributed by atoms with van der Waals surface area (Å²) in [6.07, 6.45) is 1.86. The molecule has 0 atom stereocenters. The molecule has 0 bridgehead atoms. The first-order valence-corrected chi connectivity index (χ1v) is 19.0. The van der Waals surface area contributed by atoms with E-state index in [-0.39, 0.29) is 0 Å². The van der Waals surface area contributed by atoms with Crippen LogP contribution in [0.3, 0.4) is 0 Å². The fraction of sp³-hybridized carbons (Fsp3) is 0.0196. The Balaban J connectivity index is 0.000000185. The average molecular weight is 735 g/mol. The molecule has 0 amide bonds. The number of aromatic nitrogens is 5. The smallest absolute Gasteiger partial charge is 0.182 e. The van der Waals surface area contributed by atoms with Gasteiger partial charge in [-0.2, -0.15) is 0 Å². The lowest BCUT2D eigenvalue weighted by Gasteiger charge is -2.19.